The lowest BCUT2D eigenvalue weighted by Gasteiger charge is -2.08. The molecule has 20 heavy (non-hydrogen) atoms. The zero-order valence-electron chi connectivity index (χ0n) is 10.9. The monoisotopic (exact) mass is 292 g/mol. The predicted molar refractivity (Wildman–Crippen MR) is 75.4 cm³/mol. The summed E-state index contributed by atoms with van der Waals surface area (Å²) in [7, 11) is 0. The molecule has 1 nitrogen and oxygen atoms in total. The van der Waals surface area contributed by atoms with Gasteiger partial charge in [0.15, 0.2) is 17.4 Å². The van der Waals surface area contributed by atoms with E-state index in [4.69, 9.17) is 0 Å². The number of Topliss-reactive ketones (excluding diaryl/α,β-unsaturated/α-hetero) is 1. The molecule has 2 aromatic rings. The Morgan fingerprint density at radius 3 is 2.65 bits per heavy atom. The average molecular weight is 292 g/mol. The number of fused-ring (bicyclic) bond motifs is 1. The van der Waals surface area contributed by atoms with E-state index in [0.29, 0.717) is 5.56 Å². The van der Waals surface area contributed by atoms with Gasteiger partial charge in [0.2, 0.25) is 0 Å². The van der Waals surface area contributed by atoms with Crippen LogP contribution >= 0.6 is 11.3 Å². The van der Waals surface area contributed by atoms with Gasteiger partial charge < -0.3 is 0 Å². The van der Waals surface area contributed by atoms with Crippen molar-refractivity contribution in [2.75, 3.05) is 0 Å². The Bertz CT molecular complexity index is 637. The quantitative estimate of drug-likeness (QED) is 0.770. The molecule has 0 amide bonds. The van der Waals surface area contributed by atoms with E-state index in [1.54, 1.807) is 11.3 Å². The van der Waals surface area contributed by atoms with Gasteiger partial charge in [-0.25, -0.2) is 8.78 Å². The largest absolute Gasteiger partial charge is 0.293 e. The number of aryl methyl sites for hydroxylation is 2. The number of thiophene rings is 1. The molecular formula is C16H14F2OS. The number of hydrogen-bond acceptors (Lipinski definition) is 2. The van der Waals surface area contributed by atoms with Crippen molar-refractivity contribution in [2.45, 2.75) is 32.1 Å². The molecule has 1 aromatic heterocycles. The van der Waals surface area contributed by atoms with Crippen molar-refractivity contribution in [1.29, 1.82) is 0 Å². The molecule has 0 N–H and O–H groups in total. The van der Waals surface area contributed by atoms with E-state index in [9.17, 15) is 13.6 Å². The molecule has 4 heteroatoms. The molecule has 0 atom stereocenters. The molecule has 0 bridgehead atoms. The molecule has 0 fully saturated rings. The fraction of sp³-hybridized carbons (Fsp3) is 0.312. The maximum atomic E-state index is 13.1. The Morgan fingerprint density at radius 1 is 1.10 bits per heavy atom. The van der Waals surface area contributed by atoms with Crippen LogP contribution in [0.5, 0.6) is 0 Å². The Kier molecular flexibility index (Phi) is 3.66. The molecule has 1 heterocycles. The number of halogens is 2. The summed E-state index contributed by atoms with van der Waals surface area (Å²) < 4.78 is 26.0. The highest BCUT2D eigenvalue weighted by Crippen LogP contribution is 2.30. The normalized spacial score (nSPS) is 14.1. The van der Waals surface area contributed by atoms with E-state index >= 15 is 0 Å². The van der Waals surface area contributed by atoms with Crippen molar-refractivity contribution >= 4 is 17.1 Å². The molecular weight excluding hydrogens is 278 g/mol. The van der Waals surface area contributed by atoms with Gasteiger partial charge in [0.05, 0.1) is 4.88 Å². The number of hydrogen-bond donors (Lipinski definition) is 0. The molecule has 0 radical (unpaired) electrons. The van der Waals surface area contributed by atoms with Gasteiger partial charge >= 0.3 is 0 Å². The van der Waals surface area contributed by atoms with Crippen LogP contribution in [-0.2, 0) is 19.3 Å². The van der Waals surface area contributed by atoms with E-state index in [-0.39, 0.29) is 12.2 Å². The first-order chi connectivity index (χ1) is 9.63. The first-order valence-corrected chi connectivity index (χ1v) is 7.54. The summed E-state index contributed by atoms with van der Waals surface area (Å²) in [6, 6.07) is 5.60. The van der Waals surface area contributed by atoms with E-state index < -0.39 is 11.6 Å². The summed E-state index contributed by atoms with van der Waals surface area (Å²) in [5.41, 5.74) is 1.80. The number of rotatable bonds is 3. The predicted octanol–water partition coefficient (Wildman–Crippen LogP) is 4.33. The Hall–Kier alpha value is -1.55. The van der Waals surface area contributed by atoms with E-state index in [2.05, 4.69) is 0 Å². The van der Waals surface area contributed by atoms with Crippen molar-refractivity contribution in [1.82, 2.24) is 0 Å². The van der Waals surface area contributed by atoms with Gasteiger partial charge in [-0.05, 0) is 55.0 Å². The molecule has 1 aliphatic carbocycles. The smallest absolute Gasteiger partial charge is 0.177 e. The first kappa shape index (κ1) is 13.4. The number of ketones is 1. The molecule has 1 aromatic carbocycles. The standard InChI is InChI=1S/C16H14F2OS/c17-12-6-5-10(7-13(12)18)8-14(19)16-9-11-3-1-2-4-15(11)20-16/h5-7,9H,1-4,8H2. The lowest BCUT2D eigenvalue weighted by atomic mass is 9.98. The van der Waals surface area contributed by atoms with Gasteiger partial charge in [-0.1, -0.05) is 6.07 Å². The molecule has 0 unspecified atom stereocenters. The summed E-state index contributed by atoms with van der Waals surface area (Å²) in [5.74, 6) is -1.80. The van der Waals surface area contributed by atoms with Crippen LogP contribution in [-0.4, -0.2) is 5.78 Å². The molecule has 0 spiro atoms. The van der Waals surface area contributed by atoms with Gasteiger partial charge in [0.25, 0.3) is 0 Å². The van der Waals surface area contributed by atoms with Crippen molar-refractivity contribution in [3.8, 4) is 0 Å². The fourth-order valence-electron chi connectivity index (χ4n) is 2.55. The minimum absolute atomic E-state index is 0.0181. The molecule has 0 aliphatic heterocycles. The number of carbonyl (C=O) groups is 1. The van der Waals surface area contributed by atoms with Crippen molar-refractivity contribution in [2.24, 2.45) is 0 Å². The highest BCUT2D eigenvalue weighted by molar-refractivity contribution is 7.14. The number of benzene rings is 1. The second-order valence-corrected chi connectivity index (χ2v) is 6.25. The lowest BCUT2D eigenvalue weighted by molar-refractivity contribution is 0.0996. The lowest BCUT2D eigenvalue weighted by Crippen LogP contribution is -2.02. The highest BCUT2D eigenvalue weighted by atomic mass is 32.1. The SMILES string of the molecule is O=C(Cc1ccc(F)c(F)c1)c1cc2c(s1)CCCC2. The Labute approximate surface area is 120 Å². The van der Waals surface area contributed by atoms with E-state index in [1.807, 2.05) is 6.07 Å². The van der Waals surface area contributed by atoms with Gasteiger partial charge in [0.1, 0.15) is 0 Å². The van der Waals surface area contributed by atoms with Crippen molar-refractivity contribution < 1.29 is 13.6 Å². The van der Waals surface area contributed by atoms with Gasteiger partial charge in [-0.2, -0.15) is 0 Å². The molecule has 0 saturated carbocycles. The highest BCUT2D eigenvalue weighted by Gasteiger charge is 2.17. The molecule has 3 rings (SSSR count). The third-order valence-electron chi connectivity index (χ3n) is 3.62. The van der Waals surface area contributed by atoms with Crippen LogP contribution in [0.4, 0.5) is 8.78 Å². The molecule has 104 valence electrons. The zero-order chi connectivity index (χ0) is 14.1. The van der Waals surface area contributed by atoms with Crippen LogP contribution in [0.3, 0.4) is 0 Å². The summed E-state index contributed by atoms with van der Waals surface area (Å²) in [4.78, 5) is 14.3. The molecule has 0 saturated heterocycles. The van der Waals surface area contributed by atoms with E-state index in [0.717, 1.165) is 29.9 Å². The van der Waals surface area contributed by atoms with Gasteiger partial charge in [-0.15, -0.1) is 11.3 Å². The maximum Gasteiger partial charge on any atom is 0.177 e. The van der Waals surface area contributed by atoms with Gasteiger partial charge in [-0.3, -0.25) is 4.79 Å². The molecule has 1 aliphatic rings. The minimum Gasteiger partial charge on any atom is -0.293 e. The van der Waals surface area contributed by atoms with Crippen LogP contribution in [0, 0.1) is 11.6 Å². The number of carbonyl (C=O) groups excluding carboxylic acids is 1. The summed E-state index contributed by atoms with van der Waals surface area (Å²) in [6.45, 7) is 0. The van der Waals surface area contributed by atoms with Crippen molar-refractivity contribution in [3.05, 3.63) is 56.8 Å². The van der Waals surface area contributed by atoms with Crippen molar-refractivity contribution in [3.63, 3.8) is 0 Å². The third kappa shape index (κ3) is 2.66. The van der Waals surface area contributed by atoms with Crippen LogP contribution in [0.15, 0.2) is 24.3 Å². The topological polar surface area (TPSA) is 17.1 Å². The Morgan fingerprint density at radius 2 is 1.90 bits per heavy atom. The van der Waals surface area contributed by atoms with Crippen LogP contribution in [0.25, 0.3) is 0 Å². The minimum atomic E-state index is -0.902. The maximum absolute atomic E-state index is 13.1. The second kappa shape index (κ2) is 5.44. The van der Waals surface area contributed by atoms with Crippen LogP contribution in [0.1, 0.15) is 38.5 Å². The van der Waals surface area contributed by atoms with Crippen LogP contribution < -0.4 is 0 Å². The van der Waals surface area contributed by atoms with E-state index in [1.165, 1.54) is 29.3 Å². The summed E-state index contributed by atoms with van der Waals surface area (Å²) in [6.07, 6.45) is 4.59. The zero-order valence-corrected chi connectivity index (χ0v) is 11.7. The van der Waals surface area contributed by atoms with Gasteiger partial charge in [0, 0.05) is 11.3 Å². The average Bonchev–Trinajstić information content (AvgIpc) is 2.87. The summed E-state index contributed by atoms with van der Waals surface area (Å²) in [5, 5.41) is 0. The van der Waals surface area contributed by atoms with Crippen LogP contribution in [0.2, 0.25) is 0 Å². The second-order valence-electron chi connectivity index (χ2n) is 5.11. The third-order valence-corrected chi connectivity index (χ3v) is 4.90. The Balaban J connectivity index is 1.78. The fourth-order valence-corrected chi connectivity index (χ4v) is 3.74. The first-order valence-electron chi connectivity index (χ1n) is 6.72. The summed E-state index contributed by atoms with van der Waals surface area (Å²) >= 11 is 1.55.